The molecule has 3 aliphatic carbocycles. The van der Waals surface area contributed by atoms with Crippen molar-refractivity contribution in [2.45, 2.75) is 74.7 Å². The van der Waals surface area contributed by atoms with Gasteiger partial charge in [0, 0.05) is 0 Å². The molecule has 0 spiro atoms. The molecule has 0 saturated carbocycles. The molecule has 0 fully saturated rings. The van der Waals surface area contributed by atoms with Crippen molar-refractivity contribution in [2.24, 2.45) is 0 Å². The average Bonchev–Trinajstić information content (AvgIpc) is 3.24. The summed E-state index contributed by atoms with van der Waals surface area (Å²) in [5, 5.41) is 0. The van der Waals surface area contributed by atoms with Crippen molar-refractivity contribution in [3.8, 4) is 0 Å². The highest BCUT2D eigenvalue weighted by atomic mass is 14.4. The fourth-order valence-corrected chi connectivity index (χ4v) is 4.04. The SMILES string of the molecule is C.C.CCC.CCC.c1ccc2c(c1)CC1=C2CC2=C1c1ccccc1C2. The second-order valence-electron chi connectivity index (χ2n) is 7.19. The lowest BCUT2D eigenvalue weighted by atomic mass is 9.98. The molecule has 0 unspecified atom stereocenters. The molecule has 0 aliphatic heterocycles. The van der Waals surface area contributed by atoms with Crippen LogP contribution in [0.2, 0.25) is 0 Å². The Bertz CT molecular complexity index is 815. The third-order valence-corrected chi connectivity index (χ3v) is 4.81. The lowest BCUT2D eigenvalue weighted by Crippen LogP contribution is -1.89. The van der Waals surface area contributed by atoms with E-state index in [0.717, 1.165) is 6.42 Å². The molecule has 5 rings (SSSR count). The molecule has 0 bridgehead atoms. The van der Waals surface area contributed by atoms with Crippen molar-refractivity contribution in [3.05, 3.63) is 81.9 Å². The summed E-state index contributed by atoms with van der Waals surface area (Å²) >= 11 is 0. The van der Waals surface area contributed by atoms with Gasteiger partial charge in [-0.05, 0) is 58.2 Å². The molecular weight excluding hydrogens is 324 g/mol. The Labute approximate surface area is 168 Å². The van der Waals surface area contributed by atoms with Gasteiger partial charge in [0.15, 0.2) is 0 Å². The van der Waals surface area contributed by atoms with Crippen molar-refractivity contribution in [1.82, 2.24) is 0 Å². The van der Waals surface area contributed by atoms with Crippen LogP contribution in [0.4, 0.5) is 0 Å². The molecule has 0 nitrogen and oxygen atoms in total. The largest absolute Gasteiger partial charge is 0.0776 e. The summed E-state index contributed by atoms with van der Waals surface area (Å²) in [6, 6.07) is 17.9. The first-order valence-electron chi connectivity index (χ1n) is 9.85. The van der Waals surface area contributed by atoms with Crippen molar-refractivity contribution in [3.63, 3.8) is 0 Å². The predicted molar refractivity (Wildman–Crippen MR) is 124 cm³/mol. The summed E-state index contributed by atoms with van der Waals surface area (Å²) in [7, 11) is 0. The van der Waals surface area contributed by atoms with Gasteiger partial charge in [-0.15, -0.1) is 0 Å². The highest BCUT2D eigenvalue weighted by Crippen LogP contribution is 2.53. The highest BCUT2D eigenvalue weighted by molar-refractivity contribution is 6.02. The first kappa shape index (κ1) is 23.0. The minimum atomic E-state index is 0. The first-order chi connectivity index (χ1) is 12.2. The van der Waals surface area contributed by atoms with E-state index >= 15 is 0 Å². The van der Waals surface area contributed by atoms with Crippen LogP contribution in [0, 0.1) is 0 Å². The van der Waals surface area contributed by atoms with Gasteiger partial charge in [0.2, 0.25) is 0 Å². The molecule has 2 aromatic carbocycles. The van der Waals surface area contributed by atoms with Crippen LogP contribution in [-0.2, 0) is 12.8 Å². The normalized spacial score (nSPS) is 14.4. The summed E-state index contributed by atoms with van der Waals surface area (Å²) in [5.74, 6) is 0. The molecule has 27 heavy (non-hydrogen) atoms. The van der Waals surface area contributed by atoms with Crippen LogP contribution in [0.25, 0.3) is 11.1 Å². The molecule has 146 valence electrons. The molecule has 0 heterocycles. The molecule has 0 heteroatoms. The topological polar surface area (TPSA) is 0 Å². The van der Waals surface area contributed by atoms with Crippen LogP contribution in [0.3, 0.4) is 0 Å². The summed E-state index contributed by atoms with van der Waals surface area (Å²) in [4.78, 5) is 0. The highest BCUT2D eigenvalue weighted by Gasteiger charge is 2.35. The maximum Gasteiger partial charge on any atom is -0.00105 e. The Kier molecular flexibility index (Phi) is 8.76. The Hall–Kier alpha value is -2.08. The number of rotatable bonds is 0. The second-order valence-corrected chi connectivity index (χ2v) is 7.19. The van der Waals surface area contributed by atoms with E-state index in [9.17, 15) is 0 Å². The van der Waals surface area contributed by atoms with Crippen LogP contribution < -0.4 is 0 Å². The smallest absolute Gasteiger partial charge is 0.00105 e. The van der Waals surface area contributed by atoms with Gasteiger partial charge in [-0.25, -0.2) is 0 Å². The fraction of sp³-hybridized carbons (Fsp3) is 0.407. The van der Waals surface area contributed by atoms with E-state index in [0.29, 0.717) is 0 Å². The molecular formula is C27H38. The van der Waals surface area contributed by atoms with Crippen molar-refractivity contribution >= 4 is 11.1 Å². The molecule has 0 atom stereocenters. The van der Waals surface area contributed by atoms with E-state index in [2.05, 4.69) is 76.2 Å². The van der Waals surface area contributed by atoms with Gasteiger partial charge < -0.3 is 0 Å². The van der Waals surface area contributed by atoms with Gasteiger partial charge in [-0.1, -0.05) is 109 Å². The third-order valence-electron chi connectivity index (χ3n) is 4.81. The average molecular weight is 363 g/mol. The Morgan fingerprint density at radius 2 is 1.07 bits per heavy atom. The minimum absolute atomic E-state index is 0. The van der Waals surface area contributed by atoms with Crippen molar-refractivity contribution < 1.29 is 0 Å². The van der Waals surface area contributed by atoms with Crippen LogP contribution in [0.15, 0.2) is 59.7 Å². The maximum absolute atomic E-state index is 2.30. The molecule has 0 radical (unpaired) electrons. The Morgan fingerprint density at radius 3 is 1.67 bits per heavy atom. The van der Waals surface area contributed by atoms with Crippen LogP contribution in [0.1, 0.15) is 84.1 Å². The summed E-state index contributed by atoms with van der Waals surface area (Å²) < 4.78 is 0. The minimum Gasteiger partial charge on any atom is -0.0776 e. The second kappa shape index (κ2) is 10.3. The maximum atomic E-state index is 2.30. The molecule has 2 aromatic rings. The number of hydrogen-bond donors (Lipinski definition) is 0. The monoisotopic (exact) mass is 362 g/mol. The zero-order valence-electron chi connectivity index (χ0n) is 16.2. The summed E-state index contributed by atoms with van der Waals surface area (Å²) in [5.41, 5.74) is 12.5. The summed E-state index contributed by atoms with van der Waals surface area (Å²) in [6.45, 7) is 8.50. The lowest BCUT2D eigenvalue weighted by molar-refractivity contribution is 1.09. The summed E-state index contributed by atoms with van der Waals surface area (Å²) in [6.07, 6.45) is 5.98. The van der Waals surface area contributed by atoms with Crippen LogP contribution in [0.5, 0.6) is 0 Å². The van der Waals surface area contributed by atoms with Gasteiger partial charge in [-0.2, -0.15) is 0 Å². The number of fused-ring (bicyclic) bond motifs is 5. The van der Waals surface area contributed by atoms with E-state index in [1.807, 2.05) is 0 Å². The first-order valence-corrected chi connectivity index (χ1v) is 9.85. The van der Waals surface area contributed by atoms with Crippen molar-refractivity contribution in [2.75, 3.05) is 0 Å². The van der Waals surface area contributed by atoms with Gasteiger partial charge in [-0.3, -0.25) is 0 Å². The van der Waals surface area contributed by atoms with Gasteiger partial charge in [0.1, 0.15) is 0 Å². The van der Waals surface area contributed by atoms with E-state index < -0.39 is 0 Å². The molecule has 3 aliphatic rings. The molecule has 0 saturated heterocycles. The van der Waals surface area contributed by atoms with Crippen LogP contribution in [-0.4, -0.2) is 0 Å². The zero-order valence-corrected chi connectivity index (χ0v) is 16.2. The predicted octanol–water partition coefficient (Wildman–Crippen LogP) is 8.51. The van der Waals surface area contributed by atoms with Crippen LogP contribution >= 0.6 is 0 Å². The van der Waals surface area contributed by atoms with Gasteiger partial charge in [0.25, 0.3) is 0 Å². The third kappa shape index (κ3) is 4.26. The lowest BCUT2D eigenvalue weighted by Gasteiger charge is -2.06. The van der Waals surface area contributed by atoms with Gasteiger partial charge in [0.05, 0.1) is 0 Å². The van der Waals surface area contributed by atoms with E-state index in [4.69, 9.17) is 0 Å². The molecule has 0 N–H and O–H groups in total. The quantitative estimate of drug-likeness (QED) is 0.440. The van der Waals surface area contributed by atoms with E-state index in [1.165, 1.54) is 47.9 Å². The van der Waals surface area contributed by atoms with E-state index in [1.54, 1.807) is 22.3 Å². The molecule has 0 aromatic heterocycles. The van der Waals surface area contributed by atoms with Gasteiger partial charge >= 0.3 is 0 Å². The number of benzene rings is 2. The van der Waals surface area contributed by atoms with Crippen molar-refractivity contribution in [1.29, 1.82) is 0 Å². The zero-order chi connectivity index (χ0) is 17.8. The standard InChI is InChI=1S/C19H14.2C3H8.2CH4/c1-3-7-15-13(6-1)10-18-17(15)11-14-9-12-5-2-4-8-16(12)19(14)18;2*1-3-2;;/h1-8H,9-11H2;2*3H2,1-2H3;2*1H4. The number of hydrogen-bond acceptors (Lipinski definition) is 0. The molecule has 0 amide bonds. The fourth-order valence-electron chi connectivity index (χ4n) is 4.04. The Morgan fingerprint density at radius 1 is 0.593 bits per heavy atom. The van der Waals surface area contributed by atoms with E-state index in [-0.39, 0.29) is 14.9 Å². The Balaban J connectivity index is 0.000000411. The number of allylic oxidation sites excluding steroid dienone is 4.